The Morgan fingerprint density at radius 1 is 0.950 bits per heavy atom. The molecule has 0 unspecified atom stereocenters. The summed E-state index contributed by atoms with van der Waals surface area (Å²) in [6.07, 6.45) is 6.96. The number of hydrogen-bond donors (Lipinski definition) is 1. The Kier molecular flexibility index (Phi) is 7.42. The van der Waals surface area contributed by atoms with Gasteiger partial charge in [-0.15, -0.1) is 0 Å². The number of anilines is 1. The van der Waals surface area contributed by atoms with Crippen LogP contribution in [0.4, 0.5) is 14.6 Å². The van der Waals surface area contributed by atoms with Gasteiger partial charge in [0, 0.05) is 63.4 Å². The van der Waals surface area contributed by atoms with Crippen molar-refractivity contribution >= 4 is 22.8 Å². The van der Waals surface area contributed by atoms with Crippen LogP contribution in [0.25, 0.3) is 11.0 Å². The predicted molar refractivity (Wildman–Crippen MR) is 149 cm³/mol. The highest BCUT2D eigenvalue weighted by Crippen LogP contribution is 2.34. The fourth-order valence-corrected chi connectivity index (χ4v) is 5.79. The number of nitrogens with zero attached hydrogens (tertiary/aromatic N) is 6. The van der Waals surface area contributed by atoms with Crippen LogP contribution in [0.1, 0.15) is 45.7 Å². The molecule has 40 heavy (non-hydrogen) atoms. The maximum atomic E-state index is 13.6. The number of benzene rings is 1. The standard InChI is InChI=1S/C30H33F2N7O/c1-20-5-6-22(17-33-20)18-34-30(40)26-25-4-2-3-10-39(25)28-27(26)35-19-36-29(28)38-14-12-37(13-15-38)11-9-21-7-8-23(31)24(32)16-21/h5-8,16-17,19H,2-4,9-15,18H2,1H3,(H,34,40). The number of amides is 1. The topological polar surface area (TPSA) is 79.2 Å². The molecular formula is C30H33F2N7O. The number of fused-ring (bicyclic) bond motifs is 3. The van der Waals surface area contributed by atoms with Gasteiger partial charge in [0.15, 0.2) is 17.5 Å². The van der Waals surface area contributed by atoms with Crippen molar-refractivity contribution in [1.29, 1.82) is 0 Å². The average Bonchev–Trinajstić information content (AvgIpc) is 3.32. The lowest BCUT2D eigenvalue weighted by atomic mass is 10.1. The summed E-state index contributed by atoms with van der Waals surface area (Å²) in [6, 6.07) is 8.04. The fourth-order valence-electron chi connectivity index (χ4n) is 5.79. The minimum Gasteiger partial charge on any atom is -0.352 e. The summed E-state index contributed by atoms with van der Waals surface area (Å²) in [5, 5.41) is 3.08. The molecule has 1 fully saturated rings. The molecule has 4 aromatic rings. The van der Waals surface area contributed by atoms with Crippen molar-refractivity contribution in [2.75, 3.05) is 37.6 Å². The number of carbonyl (C=O) groups excluding carboxylic acids is 1. The van der Waals surface area contributed by atoms with Crippen molar-refractivity contribution in [3.05, 3.63) is 82.6 Å². The van der Waals surface area contributed by atoms with Gasteiger partial charge in [-0.2, -0.15) is 0 Å². The van der Waals surface area contributed by atoms with Crippen molar-refractivity contribution in [2.45, 2.75) is 45.7 Å². The van der Waals surface area contributed by atoms with Gasteiger partial charge in [-0.05, 0) is 61.9 Å². The highest BCUT2D eigenvalue weighted by Gasteiger charge is 2.29. The lowest BCUT2D eigenvalue weighted by Crippen LogP contribution is -2.47. The van der Waals surface area contributed by atoms with Crippen molar-refractivity contribution < 1.29 is 13.6 Å². The van der Waals surface area contributed by atoms with Gasteiger partial charge in [0.2, 0.25) is 0 Å². The average molecular weight is 546 g/mol. The number of aromatic nitrogens is 4. The molecule has 1 saturated heterocycles. The van der Waals surface area contributed by atoms with Crippen molar-refractivity contribution in [3.8, 4) is 0 Å². The first-order chi connectivity index (χ1) is 19.5. The van der Waals surface area contributed by atoms with E-state index < -0.39 is 11.6 Å². The summed E-state index contributed by atoms with van der Waals surface area (Å²) >= 11 is 0. The third kappa shape index (κ3) is 5.28. The SMILES string of the molecule is Cc1ccc(CNC(=O)c2c3n(c4c(N5CCN(CCc6ccc(F)c(F)c6)CC5)ncnc24)CCCC3)cn1. The lowest BCUT2D eigenvalue weighted by Gasteiger charge is -2.35. The second-order valence-corrected chi connectivity index (χ2v) is 10.6. The van der Waals surface area contributed by atoms with Crippen LogP contribution in [0.5, 0.6) is 0 Å². The van der Waals surface area contributed by atoms with E-state index in [1.54, 1.807) is 18.6 Å². The first kappa shape index (κ1) is 26.3. The molecule has 2 aliphatic heterocycles. The van der Waals surface area contributed by atoms with Crippen LogP contribution in [-0.2, 0) is 25.9 Å². The molecule has 6 rings (SSSR count). The van der Waals surface area contributed by atoms with Gasteiger partial charge >= 0.3 is 0 Å². The lowest BCUT2D eigenvalue weighted by molar-refractivity contribution is 0.0951. The van der Waals surface area contributed by atoms with E-state index in [2.05, 4.69) is 29.7 Å². The van der Waals surface area contributed by atoms with E-state index in [0.29, 0.717) is 24.0 Å². The molecule has 0 saturated carbocycles. The quantitative estimate of drug-likeness (QED) is 0.378. The number of nitrogens with one attached hydrogen (secondary N) is 1. The van der Waals surface area contributed by atoms with Gasteiger partial charge in [0.25, 0.3) is 5.91 Å². The zero-order valence-corrected chi connectivity index (χ0v) is 22.7. The van der Waals surface area contributed by atoms with E-state index in [9.17, 15) is 13.6 Å². The number of piperazine rings is 1. The Morgan fingerprint density at radius 3 is 2.55 bits per heavy atom. The van der Waals surface area contributed by atoms with E-state index >= 15 is 0 Å². The van der Waals surface area contributed by atoms with Crippen molar-refractivity contribution in [1.82, 2.24) is 29.7 Å². The molecule has 208 valence electrons. The second-order valence-electron chi connectivity index (χ2n) is 10.6. The zero-order chi connectivity index (χ0) is 27.6. The number of hydrogen-bond acceptors (Lipinski definition) is 6. The first-order valence-electron chi connectivity index (χ1n) is 13.9. The van der Waals surface area contributed by atoms with Gasteiger partial charge < -0.3 is 14.8 Å². The Labute approximate surface area is 232 Å². The summed E-state index contributed by atoms with van der Waals surface area (Å²) in [6.45, 7) is 7.20. The summed E-state index contributed by atoms with van der Waals surface area (Å²) in [4.78, 5) is 31.8. The molecule has 5 heterocycles. The minimum atomic E-state index is -0.815. The van der Waals surface area contributed by atoms with Crippen LogP contribution < -0.4 is 10.2 Å². The molecule has 8 nitrogen and oxygen atoms in total. The van der Waals surface area contributed by atoms with Crippen LogP contribution >= 0.6 is 0 Å². The normalized spacial score (nSPS) is 15.8. The molecular weight excluding hydrogens is 512 g/mol. The minimum absolute atomic E-state index is 0.118. The molecule has 3 aromatic heterocycles. The van der Waals surface area contributed by atoms with Crippen LogP contribution in [0.2, 0.25) is 0 Å². The van der Waals surface area contributed by atoms with Crippen LogP contribution in [0.3, 0.4) is 0 Å². The number of rotatable bonds is 7. The van der Waals surface area contributed by atoms with Gasteiger partial charge in [-0.3, -0.25) is 14.7 Å². The molecule has 1 amide bonds. The van der Waals surface area contributed by atoms with Gasteiger partial charge in [-0.25, -0.2) is 18.7 Å². The van der Waals surface area contributed by atoms with Gasteiger partial charge in [0.05, 0.1) is 5.56 Å². The van der Waals surface area contributed by atoms with E-state index in [1.165, 1.54) is 12.1 Å². The molecule has 1 aromatic carbocycles. The van der Waals surface area contributed by atoms with Gasteiger partial charge in [-0.1, -0.05) is 12.1 Å². The fraction of sp³-hybridized carbons (Fsp3) is 0.400. The summed E-state index contributed by atoms with van der Waals surface area (Å²) in [7, 11) is 0. The predicted octanol–water partition coefficient (Wildman–Crippen LogP) is 4.04. The largest absolute Gasteiger partial charge is 0.352 e. The van der Waals surface area contributed by atoms with Crippen LogP contribution in [0.15, 0.2) is 42.9 Å². The van der Waals surface area contributed by atoms with E-state index in [4.69, 9.17) is 4.98 Å². The van der Waals surface area contributed by atoms with E-state index in [-0.39, 0.29) is 5.91 Å². The molecule has 10 heteroatoms. The Hall–Kier alpha value is -3.92. The van der Waals surface area contributed by atoms with E-state index in [1.807, 2.05) is 19.1 Å². The number of aryl methyl sites for hydroxylation is 2. The Bertz CT molecular complexity index is 1530. The number of pyridine rings is 1. The maximum Gasteiger partial charge on any atom is 0.255 e. The second kappa shape index (κ2) is 11.3. The monoisotopic (exact) mass is 545 g/mol. The summed E-state index contributed by atoms with van der Waals surface area (Å²) in [5.41, 5.74) is 6.03. The maximum absolute atomic E-state index is 13.6. The molecule has 0 radical (unpaired) electrons. The Balaban J connectivity index is 1.19. The third-order valence-corrected chi connectivity index (χ3v) is 7.99. The number of halogens is 2. The molecule has 0 aliphatic carbocycles. The van der Waals surface area contributed by atoms with Crippen molar-refractivity contribution in [3.63, 3.8) is 0 Å². The zero-order valence-electron chi connectivity index (χ0n) is 22.7. The highest BCUT2D eigenvalue weighted by atomic mass is 19.2. The molecule has 1 N–H and O–H groups in total. The number of carbonyl (C=O) groups is 1. The molecule has 2 aliphatic rings. The molecule has 0 atom stereocenters. The highest BCUT2D eigenvalue weighted by molar-refractivity contribution is 6.09. The van der Waals surface area contributed by atoms with Crippen LogP contribution in [-0.4, -0.2) is 63.0 Å². The molecule has 0 bridgehead atoms. The van der Waals surface area contributed by atoms with Crippen molar-refractivity contribution in [2.24, 2.45) is 0 Å². The molecule has 0 spiro atoms. The van der Waals surface area contributed by atoms with Crippen LogP contribution in [0, 0.1) is 18.6 Å². The smallest absolute Gasteiger partial charge is 0.255 e. The first-order valence-corrected chi connectivity index (χ1v) is 13.9. The summed E-state index contributed by atoms with van der Waals surface area (Å²) < 4.78 is 29.1. The third-order valence-electron chi connectivity index (χ3n) is 7.99. The Morgan fingerprint density at radius 2 is 1.77 bits per heavy atom. The van der Waals surface area contributed by atoms with Gasteiger partial charge in [0.1, 0.15) is 17.4 Å². The van der Waals surface area contributed by atoms with E-state index in [0.717, 1.165) is 92.4 Å². The summed E-state index contributed by atoms with van der Waals surface area (Å²) in [5.74, 6) is -0.862.